The maximum Gasteiger partial charge on any atom is 0.275 e. The van der Waals surface area contributed by atoms with Crippen LogP contribution in [0.4, 0.5) is 0 Å². The molecule has 0 unspecified atom stereocenters. The zero-order valence-electron chi connectivity index (χ0n) is 9.19. The number of fused-ring (bicyclic) bond motifs is 1. The summed E-state index contributed by atoms with van der Waals surface area (Å²) >= 11 is 0. The molecule has 0 saturated heterocycles. The monoisotopic (exact) mass is 226 g/mol. The van der Waals surface area contributed by atoms with Crippen LogP contribution in [0.2, 0.25) is 0 Å². The lowest BCUT2D eigenvalue weighted by Crippen LogP contribution is -2.02. The van der Waals surface area contributed by atoms with Crippen molar-refractivity contribution >= 4 is 11.0 Å². The average molecular weight is 226 g/mol. The van der Waals surface area contributed by atoms with Gasteiger partial charge in [-0.3, -0.25) is 15.0 Å². The molecule has 5 nitrogen and oxygen atoms in total. The van der Waals surface area contributed by atoms with Crippen molar-refractivity contribution in [3.63, 3.8) is 0 Å². The van der Waals surface area contributed by atoms with Crippen molar-refractivity contribution in [1.82, 2.24) is 20.2 Å². The molecule has 17 heavy (non-hydrogen) atoms. The number of aromatic nitrogens is 4. The van der Waals surface area contributed by atoms with Crippen molar-refractivity contribution in [3.8, 4) is 11.4 Å². The van der Waals surface area contributed by atoms with Gasteiger partial charge in [-0.05, 0) is 6.92 Å². The van der Waals surface area contributed by atoms with Crippen LogP contribution in [-0.4, -0.2) is 20.2 Å². The Hall–Kier alpha value is -2.43. The number of nitrogens with zero attached hydrogens (tertiary/aromatic N) is 2. The first-order valence-corrected chi connectivity index (χ1v) is 5.26. The van der Waals surface area contributed by atoms with Crippen molar-refractivity contribution in [2.45, 2.75) is 6.92 Å². The molecule has 0 saturated carbocycles. The highest BCUT2D eigenvalue weighted by atomic mass is 16.1. The Kier molecular flexibility index (Phi) is 2.04. The zero-order chi connectivity index (χ0) is 11.8. The summed E-state index contributed by atoms with van der Waals surface area (Å²) < 4.78 is 0. The van der Waals surface area contributed by atoms with E-state index in [4.69, 9.17) is 0 Å². The van der Waals surface area contributed by atoms with Gasteiger partial charge in [0.25, 0.3) is 5.56 Å². The van der Waals surface area contributed by atoms with Gasteiger partial charge in [0.05, 0.1) is 5.69 Å². The van der Waals surface area contributed by atoms with Crippen LogP contribution in [-0.2, 0) is 0 Å². The number of H-pyrrole nitrogens is 2. The van der Waals surface area contributed by atoms with E-state index >= 15 is 0 Å². The van der Waals surface area contributed by atoms with Gasteiger partial charge >= 0.3 is 0 Å². The first-order valence-electron chi connectivity index (χ1n) is 5.26. The van der Waals surface area contributed by atoms with E-state index in [1.165, 1.54) is 0 Å². The molecule has 84 valence electrons. The molecular weight excluding hydrogens is 216 g/mol. The van der Waals surface area contributed by atoms with Gasteiger partial charge in [0.1, 0.15) is 5.39 Å². The third-order valence-electron chi connectivity index (χ3n) is 2.64. The molecule has 3 aromatic rings. The van der Waals surface area contributed by atoms with E-state index in [0.717, 1.165) is 5.56 Å². The molecule has 3 rings (SSSR count). The minimum atomic E-state index is -0.183. The molecule has 0 radical (unpaired) electrons. The molecule has 5 heteroatoms. The Balaban J connectivity index is 2.30. The van der Waals surface area contributed by atoms with Gasteiger partial charge in [-0.25, -0.2) is 9.97 Å². The van der Waals surface area contributed by atoms with Crippen molar-refractivity contribution < 1.29 is 0 Å². The van der Waals surface area contributed by atoms with Crippen molar-refractivity contribution in [3.05, 3.63) is 46.4 Å². The lowest BCUT2D eigenvalue weighted by atomic mass is 10.2. The number of benzene rings is 1. The summed E-state index contributed by atoms with van der Waals surface area (Å²) in [5.41, 5.74) is 1.97. The number of rotatable bonds is 1. The maximum absolute atomic E-state index is 11.5. The summed E-state index contributed by atoms with van der Waals surface area (Å²) in [5.74, 6) is 0.617. The summed E-state index contributed by atoms with van der Waals surface area (Å²) in [7, 11) is 0. The molecular formula is C12H10N4O. The van der Waals surface area contributed by atoms with Crippen molar-refractivity contribution in [1.29, 1.82) is 0 Å². The molecule has 0 spiro atoms. The Bertz CT molecular complexity index is 727. The van der Waals surface area contributed by atoms with E-state index < -0.39 is 0 Å². The fourth-order valence-electron chi connectivity index (χ4n) is 1.83. The van der Waals surface area contributed by atoms with Crippen LogP contribution in [0, 0.1) is 6.92 Å². The molecule has 0 aliphatic rings. The minimum Gasteiger partial charge on any atom is -0.281 e. The Morgan fingerprint density at radius 1 is 1.06 bits per heavy atom. The van der Waals surface area contributed by atoms with Gasteiger partial charge < -0.3 is 0 Å². The second-order valence-electron chi connectivity index (χ2n) is 3.80. The largest absolute Gasteiger partial charge is 0.281 e. The standard InChI is InChI=1S/C12H10N4O/c1-7-9-11(15-16-12(9)17)14-10(13-7)8-5-3-2-4-6-8/h2-6H,1H3,(H2,13,14,15,16,17). The first kappa shape index (κ1) is 9.77. The van der Waals surface area contributed by atoms with Gasteiger partial charge in [-0.2, -0.15) is 0 Å². The summed E-state index contributed by atoms with van der Waals surface area (Å²) in [6, 6.07) is 9.67. The lowest BCUT2D eigenvalue weighted by molar-refractivity contribution is 1.06. The Morgan fingerprint density at radius 2 is 1.82 bits per heavy atom. The molecule has 0 amide bonds. The SMILES string of the molecule is Cc1nc(-c2ccccc2)nc2[nH][nH]c(=O)c12. The van der Waals surface area contributed by atoms with E-state index in [2.05, 4.69) is 20.2 Å². The predicted molar refractivity (Wildman–Crippen MR) is 64.7 cm³/mol. The molecule has 0 aliphatic heterocycles. The van der Waals surface area contributed by atoms with Crippen LogP contribution in [0.15, 0.2) is 35.1 Å². The number of aryl methyl sites for hydroxylation is 1. The summed E-state index contributed by atoms with van der Waals surface area (Å²) in [6.07, 6.45) is 0. The van der Waals surface area contributed by atoms with E-state index in [9.17, 15) is 4.79 Å². The van der Waals surface area contributed by atoms with Crippen molar-refractivity contribution in [2.24, 2.45) is 0 Å². The smallest absolute Gasteiger partial charge is 0.275 e. The molecule has 2 heterocycles. The van der Waals surface area contributed by atoms with Gasteiger partial charge in [0.2, 0.25) is 0 Å². The van der Waals surface area contributed by atoms with Crippen LogP contribution in [0.25, 0.3) is 22.4 Å². The highest BCUT2D eigenvalue weighted by Gasteiger charge is 2.10. The van der Waals surface area contributed by atoms with E-state index in [1.54, 1.807) is 6.92 Å². The second kappa shape index (κ2) is 3.55. The van der Waals surface area contributed by atoms with Gasteiger partial charge in [-0.15, -0.1) is 0 Å². The topological polar surface area (TPSA) is 74.4 Å². The molecule has 2 aromatic heterocycles. The van der Waals surface area contributed by atoms with Crippen LogP contribution in [0.5, 0.6) is 0 Å². The number of nitrogens with one attached hydrogen (secondary N) is 2. The van der Waals surface area contributed by atoms with E-state index in [0.29, 0.717) is 22.6 Å². The number of hydrogen-bond acceptors (Lipinski definition) is 3. The van der Waals surface area contributed by atoms with E-state index in [-0.39, 0.29) is 5.56 Å². The molecule has 0 atom stereocenters. The highest BCUT2D eigenvalue weighted by Crippen LogP contribution is 2.17. The molecule has 1 aromatic carbocycles. The molecule has 0 fully saturated rings. The third-order valence-corrected chi connectivity index (χ3v) is 2.64. The molecule has 0 aliphatic carbocycles. The van der Waals surface area contributed by atoms with E-state index in [1.807, 2.05) is 30.3 Å². The maximum atomic E-state index is 11.5. The summed E-state index contributed by atoms with van der Waals surface area (Å²) in [5, 5.41) is 5.78. The van der Waals surface area contributed by atoms with Crippen LogP contribution in [0.3, 0.4) is 0 Å². The quantitative estimate of drug-likeness (QED) is 0.662. The fourth-order valence-corrected chi connectivity index (χ4v) is 1.83. The number of aromatic amines is 2. The Labute approximate surface area is 96.5 Å². The van der Waals surface area contributed by atoms with Crippen molar-refractivity contribution in [2.75, 3.05) is 0 Å². The normalized spacial score (nSPS) is 10.9. The third kappa shape index (κ3) is 1.52. The predicted octanol–water partition coefficient (Wildman–Crippen LogP) is 1.62. The number of hydrogen-bond donors (Lipinski definition) is 2. The van der Waals surface area contributed by atoms with Crippen LogP contribution in [0.1, 0.15) is 5.69 Å². The summed E-state index contributed by atoms with van der Waals surface area (Å²) in [4.78, 5) is 20.2. The Morgan fingerprint density at radius 3 is 2.59 bits per heavy atom. The van der Waals surface area contributed by atoms with Crippen LogP contribution < -0.4 is 5.56 Å². The first-order chi connectivity index (χ1) is 8.25. The zero-order valence-corrected chi connectivity index (χ0v) is 9.19. The van der Waals surface area contributed by atoms with Gasteiger partial charge in [0.15, 0.2) is 11.5 Å². The molecule has 2 N–H and O–H groups in total. The van der Waals surface area contributed by atoms with Gasteiger partial charge in [0, 0.05) is 5.56 Å². The van der Waals surface area contributed by atoms with Gasteiger partial charge in [-0.1, -0.05) is 30.3 Å². The summed E-state index contributed by atoms with van der Waals surface area (Å²) in [6.45, 7) is 1.81. The fraction of sp³-hybridized carbons (Fsp3) is 0.0833. The second-order valence-corrected chi connectivity index (χ2v) is 3.80. The van der Waals surface area contributed by atoms with Crippen LogP contribution >= 0.6 is 0 Å². The lowest BCUT2D eigenvalue weighted by Gasteiger charge is -2.01. The molecule has 0 bridgehead atoms. The minimum absolute atomic E-state index is 0.183. The highest BCUT2D eigenvalue weighted by molar-refractivity contribution is 5.78. The average Bonchev–Trinajstić information content (AvgIpc) is 2.73.